The molecule has 4 heteroatoms. The molecule has 0 saturated heterocycles. The molecule has 0 saturated carbocycles. The van der Waals surface area contributed by atoms with Crippen LogP contribution in [0.4, 0.5) is 0 Å². The van der Waals surface area contributed by atoms with Gasteiger partial charge in [-0.1, -0.05) is 20.8 Å². The fourth-order valence-corrected chi connectivity index (χ4v) is 1.19. The maximum atomic E-state index is 8.06. The van der Waals surface area contributed by atoms with Gasteiger partial charge in [0, 0.05) is 12.2 Å². The van der Waals surface area contributed by atoms with Gasteiger partial charge in [0.15, 0.2) is 0 Å². The van der Waals surface area contributed by atoms with Crippen LogP contribution in [-0.4, -0.2) is 47.0 Å². The average molecular weight is 473 g/mol. The summed E-state index contributed by atoms with van der Waals surface area (Å²) in [5, 5.41) is 16.1. The normalized spacial score (nSPS) is 9.81. The molecule has 0 aliphatic rings. The van der Waals surface area contributed by atoms with Gasteiger partial charge in [0.05, 0.1) is 0 Å². The van der Waals surface area contributed by atoms with E-state index in [-0.39, 0.29) is 17.6 Å². The van der Waals surface area contributed by atoms with Crippen LogP contribution < -0.4 is 0 Å². The SMILES string of the molecule is CC(C)O.CC(C)O.CCN(CC)C[C]#[W+].[CH2-]C(C)(C)C. The minimum atomic E-state index is -0.167. The smallest absolute Gasteiger partial charge is 0.0878 e. The van der Waals surface area contributed by atoms with E-state index in [1.165, 1.54) is 19.2 Å². The Morgan fingerprint density at radius 3 is 1.24 bits per heavy atom. The van der Waals surface area contributed by atoms with Crippen molar-refractivity contribution in [2.24, 2.45) is 5.41 Å². The van der Waals surface area contributed by atoms with Gasteiger partial charge < -0.3 is 17.1 Å². The van der Waals surface area contributed by atoms with Gasteiger partial charge >= 0.3 is 61.7 Å². The average Bonchev–Trinajstić information content (AvgIpc) is 2.21. The summed E-state index contributed by atoms with van der Waals surface area (Å²) in [6.07, 6.45) is -0.333. The van der Waals surface area contributed by atoms with E-state index in [9.17, 15) is 0 Å². The van der Waals surface area contributed by atoms with Gasteiger partial charge in [-0.25, -0.2) is 0 Å². The van der Waals surface area contributed by atoms with Crippen molar-refractivity contribution in [2.75, 3.05) is 19.6 Å². The molecule has 0 rings (SSSR count). The fraction of sp³-hybridized carbons (Fsp3) is 0.882. The van der Waals surface area contributed by atoms with Gasteiger partial charge in [-0.2, -0.15) is 5.41 Å². The van der Waals surface area contributed by atoms with Gasteiger partial charge in [-0.15, -0.1) is 0 Å². The number of hydrogen-bond acceptors (Lipinski definition) is 3. The van der Waals surface area contributed by atoms with Crippen LogP contribution in [0.2, 0.25) is 0 Å². The Morgan fingerprint density at radius 1 is 1.00 bits per heavy atom. The van der Waals surface area contributed by atoms with Gasteiger partial charge in [0.1, 0.15) is 0 Å². The molecule has 0 aliphatic carbocycles. The first-order chi connectivity index (χ1) is 9.31. The van der Waals surface area contributed by atoms with Gasteiger partial charge in [0.25, 0.3) is 0 Å². The minimum Gasteiger partial charge on any atom is -0.338 e. The zero-order chi connectivity index (χ0) is 18.1. The van der Waals surface area contributed by atoms with Crippen molar-refractivity contribution >= 4 is 0 Å². The summed E-state index contributed by atoms with van der Waals surface area (Å²) >= 11 is 1.45. The number of aliphatic hydroxyl groups excluding tert-OH is 2. The summed E-state index contributed by atoms with van der Waals surface area (Å²) in [4.78, 5) is 2.34. The molecule has 0 radical (unpaired) electrons. The van der Waals surface area contributed by atoms with Crippen LogP contribution in [0, 0.1) is 16.5 Å². The molecule has 0 aromatic heterocycles. The fourth-order valence-electron chi connectivity index (χ4n) is 0.539. The van der Waals surface area contributed by atoms with Crippen LogP contribution in [-0.2, 0) is 19.2 Å². The van der Waals surface area contributed by atoms with E-state index in [1.54, 1.807) is 27.7 Å². The predicted molar refractivity (Wildman–Crippen MR) is 91.2 cm³/mol. The standard InChI is InChI=1S/C6H12N.C5H11.2C3H8O.W/c1-4-7(5-2)6-3;1-5(2,3)4;2*1-3(2)4;/h4-6H2,1-2H3;1H2,2-4H3;2*3-4H,1-2H3;/q;-1;;;+1. The molecule has 0 bridgehead atoms. The molecule has 0 spiro atoms. The van der Waals surface area contributed by atoms with Crippen molar-refractivity contribution in [3.05, 3.63) is 6.92 Å². The molecule has 0 fully saturated rings. The summed E-state index contributed by atoms with van der Waals surface area (Å²) in [7, 11) is 0. The summed E-state index contributed by atoms with van der Waals surface area (Å²) in [5.41, 5.74) is 0.250. The van der Waals surface area contributed by atoms with E-state index in [1.807, 2.05) is 0 Å². The Balaban J connectivity index is -0.0000000970. The Bertz CT molecular complexity index is 196. The first-order valence-electron chi connectivity index (χ1n) is 7.60. The number of nitrogens with zero attached hydrogens (tertiary/aromatic N) is 1. The van der Waals surface area contributed by atoms with Crippen LogP contribution >= 0.6 is 0 Å². The quantitative estimate of drug-likeness (QED) is 0.618. The molecule has 3 nitrogen and oxygen atoms in total. The van der Waals surface area contributed by atoms with Crippen molar-refractivity contribution in [1.29, 1.82) is 0 Å². The number of hydrogen-bond donors (Lipinski definition) is 2. The van der Waals surface area contributed by atoms with Crippen molar-refractivity contribution in [2.45, 2.75) is 74.5 Å². The molecule has 21 heavy (non-hydrogen) atoms. The van der Waals surface area contributed by atoms with Gasteiger partial charge in [-0.05, 0) is 27.7 Å². The molecule has 130 valence electrons. The minimum absolute atomic E-state index is 0.167. The third kappa shape index (κ3) is 127. The van der Waals surface area contributed by atoms with Crippen LogP contribution in [0.5, 0.6) is 0 Å². The Labute approximate surface area is 145 Å². The monoisotopic (exact) mass is 473 g/mol. The number of rotatable bonds is 3. The van der Waals surface area contributed by atoms with Crippen LogP contribution in [0.3, 0.4) is 0 Å². The van der Waals surface area contributed by atoms with Crippen molar-refractivity contribution in [1.82, 2.24) is 4.90 Å². The largest absolute Gasteiger partial charge is 0.338 e. The topological polar surface area (TPSA) is 43.7 Å². The Morgan fingerprint density at radius 2 is 1.19 bits per heavy atom. The van der Waals surface area contributed by atoms with E-state index in [2.05, 4.69) is 50.6 Å². The molecule has 0 aliphatic heterocycles. The van der Waals surface area contributed by atoms with E-state index < -0.39 is 0 Å². The second kappa shape index (κ2) is 20.3. The summed E-state index contributed by atoms with van der Waals surface area (Å²) in [5.74, 6) is 0. The molecule has 0 aromatic carbocycles. The maximum Gasteiger partial charge on any atom is -0.0878 e. The third-order valence-electron chi connectivity index (χ3n) is 1.18. The predicted octanol–water partition coefficient (Wildman–Crippen LogP) is 3.47. The van der Waals surface area contributed by atoms with E-state index in [0.717, 1.165) is 19.6 Å². The number of aliphatic hydroxyl groups is 2. The van der Waals surface area contributed by atoms with Crippen molar-refractivity contribution in [3.8, 4) is 4.20 Å². The molecular weight excluding hydrogens is 434 g/mol. The molecule has 0 atom stereocenters. The second-order valence-electron chi connectivity index (χ2n) is 6.35. The van der Waals surface area contributed by atoms with Crippen LogP contribution in [0.1, 0.15) is 62.3 Å². The summed E-state index contributed by atoms with van der Waals surface area (Å²) < 4.78 is 3.18. The molecule has 0 heterocycles. The molecule has 0 unspecified atom stereocenters. The molecular formula is C17H39NO2W. The summed E-state index contributed by atoms with van der Waals surface area (Å²) in [6.45, 7) is 24.6. The van der Waals surface area contributed by atoms with E-state index in [0.29, 0.717) is 0 Å². The first kappa shape index (κ1) is 29.4. The zero-order valence-corrected chi connectivity index (χ0v) is 18.7. The Hall–Kier alpha value is 0.348. The van der Waals surface area contributed by atoms with E-state index >= 15 is 0 Å². The van der Waals surface area contributed by atoms with Crippen molar-refractivity contribution in [3.63, 3.8) is 0 Å². The maximum absolute atomic E-state index is 8.06. The molecule has 0 aromatic rings. The molecule has 2 N–H and O–H groups in total. The summed E-state index contributed by atoms with van der Waals surface area (Å²) in [6, 6.07) is 0. The third-order valence-corrected chi connectivity index (χ3v) is 1.65. The van der Waals surface area contributed by atoms with E-state index in [4.69, 9.17) is 10.2 Å². The molecule has 0 amide bonds. The zero-order valence-electron chi connectivity index (χ0n) is 15.7. The van der Waals surface area contributed by atoms with Crippen LogP contribution in [0.15, 0.2) is 0 Å². The van der Waals surface area contributed by atoms with Gasteiger partial charge in [-0.3, -0.25) is 0 Å². The van der Waals surface area contributed by atoms with Crippen LogP contribution in [0.25, 0.3) is 0 Å². The van der Waals surface area contributed by atoms with Gasteiger partial charge in [0.2, 0.25) is 0 Å². The van der Waals surface area contributed by atoms with Crippen molar-refractivity contribution < 1.29 is 29.4 Å². The second-order valence-corrected chi connectivity index (χ2v) is 7.39. The Kier molecular flexibility index (Phi) is 28.5. The first-order valence-corrected chi connectivity index (χ1v) is 9.07.